The van der Waals surface area contributed by atoms with E-state index in [9.17, 15) is 0 Å². The highest BCUT2D eigenvalue weighted by Crippen LogP contribution is 2.48. The number of unbranched alkanes of at least 4 members (excludes halogenated alkanes) is 6. The summed E-state index contributed by atoms with van der Waals surface area (Å²) in [6, 6.07) is 34.9. The van der Waals surface area contributed by atoms with E-state index in [2.05, 4.69) is 111 Å². The molecule has 0 fully saturated rings. The van der Waals surface area contributed by atoms with Crippen molar-refractivity contribution in [2.45, 2.75) is 65.2 Å². The van der Waals surface area contributed by atoms with E-state index in [4.69, 9.17) is 9.47 Å². The molecule has 0 N–H and O–H groups in total. The Bertz CT molecular complexity index is 1290. The lowest BCUT2D eigenvalue weighted by Gasteiger charge is -2.16. The minimum absolute atomic E-state index is 0.772. The molecule has 0 atom stereocenters. The second-order valence-corrected chi connectivity index (χ2v) is 10.7. The van der Waals surface area contributed by atoms with Gasteiger partial charge in [-0.15, -0.1) is 0 Å². The molecular formula is C38H42O2. The van der Waals surface area contributed by atoms with Crippen LogP contribution < -0.4 is 9.47 Å². The molecule has 40 heavy (non-hydrogen) atoms. The molecule has 0 spiro atoms. The Labute approximate surface area is 240 Å². The van der Waals surface area contributed by atoms with E-state index in [1.807, 2.05) is 0 Å². The first-order valence-electron chi connectivity index (χ1n) is 15.2. The van der Waals surface area contributed by atoms with Crippen LogP contribution in [0.15, 0.2) is 97.1 Å². The molecule has 0 radical (unpaired) electrons. The zero-order valence-corrected chi connectivity index (χ0v) is 24.1. The summed E-state index contributed by atoms with van der Waals surface area (Å²) in [7, 11) is 0. The maximum atomic E-state index is 6.08. The molecule has 4 aromatic carbocycles. The van der Waals surface area contributed by atoms with Gasteiger partial charge >= 0.3 is 0 Å². The van der Waals surface area contributed by atoms with E-state index in [-0.39, 0.29) is 0 Å². The topological polar surface area (TPSA) is 18.5 Å². The Morgan fingerprint density at radius 2 is 0.850 bits per heavy atom. The first-order chi connectivity index (χ1) is 19.8. The van der Waals surface area contributed by atoms with Crippen molar-refractivity contribution in [2.75, 3.05) is 13.2 Å². The molecule has 1 aliphatic rings. The number of fused-ring (bicyclic) bond motifs is 3. The summed E-state index contributed by atoms with van der Waals surface area (Å²) >= 11 is 0. The molecule has 0 aliphatic heterocycles. The van der Waals surface area contributed by atoms with Gasteiger partial charge in [-0.25, -0.2) is 0 Å². The van der Waals surface area contributed by atoms with E-state index >= 15 is 0 Å². The third-order valence-corrected chi connectivity index (χ3v) is 7.75. The number of hydrogen-bond acceptors (Lipinski definition) is 2. The molecule has 206 valence electrons. The van der Waals surface area contributed by atoms with Crippen molar-refractivity contribution in [3.63, 3.8) is 0 Å². The number of ether oxygens (including phenoxy) is 2. The lowest BCUT2D eigenvalue weighted by Crippen LogP contribution is -1.99. The Hall–Kier alpha value is -3.78. The van der Waals surface area contributed by atoms with Crippen molar-refractivity contribution in [3.05, 3.63) is 119 Å². The zero-order chi connectivity index (χ0) is 27.6. The van der Waals surface area contributed by atoms with E-state index in [1.54, 1.807) is 0 Å². The highest BCUT2D eigenvalue weighted by molar-refractivity contribution is 6.13. The normalized spacial score (nSPS) is 11.7. The third kappa shape index (κ3) is 6.50. The first-order valence-corrected chi connectivity index (χ1v) is 15.2. The van der Waals surface area contributed by atoms with Crippen LogP contribution >= 0.6 is 0 Å². The quantitative estimate of drug-likeness (QED) is 0.133. The van der Waals surface area contributed by atoms with E-state index in [1.165, 1.54) is 83.1 Å². The Balaban J connectivity index is 1.49. The lowest BCUT2D eigenvalue weighted by atomic mass is 9.88. The number of benzene rings is 4. The van der Waals surface area contributed by atoms with Gasteiger partial charge < -0.3 is 9.47 Å². The minimum atomic E-state index is 0.772. The van der Waals surface area contributed by atoms with E-state index in [0.29, 0.717) is 0 Å². The van der Waals surface area contributed by atoms with Gasteiger partial charge in [0.05, 0.1) is 13.2 Å². The van der Waals surface area contributed by atoms with Crippen LogP contribution in [0.5, 0.6) is 11.5 Å². The molecule has 0 aromatic heterocycles. The maximum absolute atomic E-state index is 6.08. The average Bonchev–Trinajstić information content (AvgIpc) is 3.33. The van der Waals surface area contributed by atoms with Crippen LogP contribution in [0, 0.1) is 0 Å². The fraction of sp³-hybridized carbons (Fsp3) is 0.316. The average molecular weight is 531 g/mol. The smallest absolute Gasteiger partial charge is 0.119 e. The fourth-order valence-electron chi connectivity index (χ4n) is 5.62. The molecule has 5 rings (SSSR count). The number of rotatable bonds is 14. The molecule has 0 amide bonds. The fourth-order valence-corrected chi connectivity index (χ4v) is 5.62. The third-order valence-electron chi connectivity index (χ3n) is 7.75. The lowest BCUT2D eigenvalue weighted by molar-refractivity contribution is 0.305. The molecule has 0 bridgehead atoms. The second-order valence-electron chi connectivity index (χ2n) is 10.7. The van der Waals surface area contributed by atoms with Gasteiger partial charge in [-0.2, -0.15) is 0 Å². The molecular weight excluding hydrogens is 488 g/mol. The Morgan fingerprint density at radius 3 is 1.25 bits per heavy atom. The predicted molar refractivity (Wildman–Crippen MR) is 169 cm³/mol. The summed E-state index contributed by atoms with van der Waals surface area (Å²) in [5.74, 6) is 1.87. The van der Waals surface area contributed by atoms with E-state index in [0.717, 1.165) is 37.6 Å². The molecule has 0 heterocycles. The van der Waals surface area contributed by atoms with Gasteiger partial charge in [0.15, 0.2) is 0 Å². The molecule has 0 saturated heterocycles. The monoisotopic (exact) mass is 530 g/mol. The van der Waals surface area contributed by atoms with Crippen LogP contribution in [0.25, 0.3) is 22.3 Å². The van der Waals surface area contributed by atoms with Gasteiger partial charge in [-0.05, 0) is 81.6 Å². The zero-order valence-electron chi connectivity index (χ0n) is 24.1. The molecule has 2 nitrogen and oxygen atoms in total. The maximum Gasteiger partial charge on any atom is 0.119 e. The molecule has 1 aliphatic carbocycles. The van der Waals surface area contributed by atoms with Crippen LogP contribution in [0.3, 0.4) is 0 Å². The first kappa shape index (κ1) is 27.8. The minimum Gasteiger partial charge on any atom is -0.494 e. The summed E-state index contributed by atoms with van der Waals surface area (Å²) in [4.78, 5) is 0. The van der Waals surface area contributed by atoms with Crippen molar-refractivity contribution in [1.29, 1.82) is 0 Å². The molecule has 4 aromatic rings. The van der Waals surface area contributed by atoms with Gasteiger partial charge in [0.1, 0.15) is 11.5 Å². The summed E-state index contributed by atoms with van der Waals surface area (Å²) in [6.07, 6.45) is 9.67. The van der Waals surface area contributed by atoms with Crippen LogP contribution in [0.4, 0.5) is 0 Å². The summed E-state index contributed by atoms with van der Waals surface area (Å²) in [5, 5.41) is 0. The molecule has 2 heteroatoms. The highest BCUT2D eigenvalue weighted by Gasteiger charge is 2.26. The summed E-state index contributed by atoms with van der Waals surface area (Å²) < 4.78 is 12.2. The highest BCUT2D eigenvalue weighted by atomic mass is 16.5. The van der Waals surface area contributed by atoms with Crippen LogP contribution in [-0.2, 0) is 0 Å². The van der Waals surface area contributed by atoms with Gasteiger partial charge in [-0.3, -0.25) is 0 Å². The van der Waals surface area contributed by atoms with Crippen LogP contribution in [-0.4, -0.2) is 13.2 Å². The van der Waals surface area contributed by atoms with Crippen molar-refractivity contribution >= 4 is 11.1 Å². The molecule has 0 saturated carbocycles. The Kier molecular flexibility index (Phi) is 9.74. The second kappa shape index (κ2) is 14.0. The van der Waals surface area contributed by atoms with Crippen LogP contribution in [0.1, 0.15) is 87.5 Å². The van der Waals surface area contributed by atoms with Crippen LogP contribution in [0.2, 0.25) is 0 Å². The van der Waals surface area contributed by atoms with Gasteiger partial charge in [0.25, 0.3) is 0 Å². The van der Waals surface area contributed by atoms with Crippen molar-refractivity contribution in [2.24, 2.45) is 0 Å². The van der Waals surface area contributed by atoms with Gasteiger partial charge in [0.2, 0.25) is 0 Å². The summed E-state index contributed by atoms with van der Waals surface area (Å²) in [5.41, 5.74) is 10.1. The van der Waals surface area contributed by atoms with Gasteiger partial charge in [-0.1, -0.05) is 125 Å². The van der Waals surface area contributed by atoms with Crippen molar-refractivity contribution in [3.8, 4) is 22.6 Å². The standard InChI is InChI=1S/C38H42O2/c1-3-5-7-13-27-39-31-23-19-29(20-24-31)37(30-21-25-32(26-22-30)40-28-14-8-6-4-2)38-35-17-11-9-15-33(35)34-16-10-12-18-36(34)38/h9-12,15-26H,3-8,13-14,27-28H2,1-2H3. The van der Waals surface area contributed by atoms with Crippen molar-refractivity contribution in [1.82, 2.24) is 0 Å². The van der Waals surface area contributed by atoms with E-state index < -0.39 is 0 Å². The van der Waals surface area contributed by atoms with Crippen molar-refractivity contribution < 1.29 is 9.47 Å². The Morgan fingerprint density at radius 1 is 0.450 bits per heavy atom. The summed E-state index contributed by atoms with van der Waals surface area (Å²) in [6.45, 7) is 6.02. The largest absolute Gasteiger partial charge is 0.494 e. The predicted octanol–water partition coefficient (Wildman–Crippen LogP) is 10.6. The number of hydrogen-bond donors (Lipinski definition) is 0. The SMILES string of the molecule is CCCCCCOc1ccc(C(=C2c3ccccc3-c3ccccc32)c2ccc(OCCCCCC)cc2)cc1. The molecule has 0 unspecified atom stereocenters. The van der Waals surface area contributed by atoms with Gasteiger partial charge in [0, 0.05) is 0 Å².